The van der Waals surface area contributed by atoms with Crippen LogP contribution in [0, 0.1) is 0 Å². The van der Waals surface area contributed by atoms with Gasteiger partial charge in [0.15, 0.2) is 0 Å². The van der Waals surface area contributed by atoms with Crippen molar-refractivity contribution in [2.45, 2.75) is 25.1 Å². The minimum absolute atomic E-state index is 0.0574. The Kier molecular flexibility index (Phi) is 5.38. The molecular weight excluding hydrogens is 371 g/mol. The first-order chi connectivity index (χ1) is 12.4. The molecule has 2 aromatic carbocycles. The van der Waals surface area contributed by atoms with Crippen molar-refractivity contribution in [1.29, 1.82) is 0 Å². The van der Waals surface area contributed by atoms with E-state index in [0.29, 0.717) is 23.6 Å². The molecule has 1 aliphatic heterocycles. The summed E-state index contributed by atoms with van der Waals surface area (Å²) in [6, 6.07) is 13.0. The third-order valence-electron chi connectivity index (χ3n) is 3.99. The van der Waals surface area contributed by atoms with Gasteiger partial charge in [-0.15, -0.1) is 5.48 Å². The Morgan fingerprint density at radius 2 is 1.92 bits per heavy atom. The zero-order valence-electron chi connectivity index (χ0n) is 13.5. The maximum atomic E-state index is 12.1. The van der Waals surface area contributed by atoms with Gasteiger partial charge in [-0.1, -0.05) is 48.0 Å². The van der Waals surface area contributed by atoms with Crippen molar-refractivity contribution >= 4 is 17.6 Å². The summed E-state index contributed by atoms with van der Waals surface area (Å²) in [5, 5.41) is 0.573. The lowest BCUT2D eigenvalue weighted by atomic mass is 9.95. The normalized spacial score (nSPS) is 16.5. The zero-order valence-corrected chi connectivity index (χ0v) is 14.2. The number of para-hydroxylation sites is 1. The van der Waals surface area contributed by atoms with E-state index in [1.807, 2.05) is 41.9 Å². The maximum absolute atomic E-state index is 12.1. The topological polar surface area (TPSA) is 47.6 Å². The van der Waals surface area contributed by atoms with Crippen LogP contribution in [0.4, 0.5) is 13.2 Å². The average Bonchev–Trinajstić information content (AvgIpc) is 2.61. The number of aryl methyl sites for hydroxylation is 1. The van der Waals surface area contributed by atoms with Gasteiger partial charge in [0.1, 0.15) is 11.9 Å². The first kappa shape index (κ1) is 18.5. The van der Waals surface area contributed by atoms with Gasteiger partial charge in [0.2, 0.25) is 0 Å². The van der Waals surface area contributed by atoms with E-state index < -0.39 is 18.2 Å². The van der Waals surface area contributed by atoms with Gasteiger partial charge in [-0.05, 0) is 24.5 Å². The Bertz CT molecular complexity index is 811. The van der Waals surface area contributed by atoms with Crippen LogP contribution in [-0.2, 0) is 16.1 Å². The molecule has 0 saturated carbocycles. The predicted octanol–water partition coefficient (Wildman–Crippen LogP) is 4.31. The third-order valence-corrected chi connectivity index (χ3v) is 4.32. The van der Waals surface area contributed by atoms with Crippen molar-refractivity contribution in [3.8, 4) is 16.9 Å². The van der Waals surface area contributed by atoms with Crippen LogP contribution in [0.15, 0.2) is 42.5 Å². The standard InChI is InChI=1S/C18H15ClF3NO3/c19-15-7-2-1-5-13(15)14-6-3-4-11-8-9-12(25-16(11)14)10-23-26-17(24)18(20,21)22/h1-7,12,23H,8-10H2. The summed E-state index contributed by atoms with van der Waals surface area (Å²) in [6.45, 7) is -0.0574. The lowest BCUT2D eigenvalue weighted by Crippen LogP contribution is -2.38. The van der Waals surface area contributed by atoms with Crippen molar-refractivity contribution < 1.29 is 27.5 Å². The Morgan fingerprint density at radius 1 is 1.19 bits per heavy atom. The molecule has 0 radical (unpaired) electrons. The van der Waals surface area contributed by atoms with Gasteiger partial charge in [-0.25, -0.2) is 4.79 Å². The number of hydrogen-bond acceptors (Lipinski definition) is 4. The maximum Gasteiger partial charge on any atom is 0.492 e. The van der Waals surface area contributed by atoms with Crippen LogP contribution in [0.5, 0.6) is 5.75 Å². The molecule has 1 aliphatic rings. The summed E-state index contributed by atoms with van der Waals surface area (Å²) in [6.07, 6.45) is -4.21. The molecule has 1 unspecified atom stereocenters. The highest BCUT2D eigenvalue weighted by molar-refractivity contribution is 6.33. The van der Waals surface area contributed by atoms with Crippen LogP contribution < -0.4 is 10.2 Å². The molecule has 3 rings (SSSR count). The number of hydrogen-bond donors (Lipinski definition) is 1. The second kappa shape index (κ2) is 7.55. The lowest BCUT2D eigenvalue weighted by molar-refractivity contribution is -0.207. The first-order valence-electron chi connectivity index (χ1n) is 7.90. The SMILES string of the molecule is O=C(ONCC1CCc2cccc(-c3ccccc3Cl)c2O1)C(F)(F)F. The summed E-state index contributed by atoms with van der Waals surface area (Å²) in [4.78, 5) is 14.7. The van der Waals surface area contributed by atoms with Crippen molar-refractivity contribution in [1.82, 2.24) is 5.48 Å². The second-order valence-corrected chi connectivity index (χ2v) is 6.20. The molecule has 1 heterocycles. The highest BCUT2D eigenvalue weighted by atomic mass is 35.5. The molecule has 0 fully saturated rings. The van der Waals surface area contributed by atoms with Gasteiger partial charge in [0.25, 0.3) is 0 Å². The van der Waals surface area contributed by atoms with Crippen LogP contribution in [0.25, 0.3) is 11.1 Å². The lowest BCUT2D eigenvalue weighted by Gasteiger charge is -2.28. The third kappa shape index (κ3) is 4.11. The number of alkyl halides is 3. The molecule has 0 aliphatic carbocycles. The van der Waals surface area contributed by atoms with E-state index in [1.165, 1.54) is 0 Å². The molecule has 8 heteroatoms. The number of halogens is 4. The van der Waals surface area contributed by atoms with E-state index in [2.05, 4.69) is 4.84 Å². The zero-order chi connectivity index (χ0) is 18.7. The molecule has 0 saturated heterocycles. The number of hydroxylamine groups is 1. The number of carbonyl (C=O) groups is 1. The molecule has 4 nitrogen and oxygen atoms in total. The number of ether oxygens (including phenoxy) is 1. The van der Waals surface area contributed by atoms with E-state index in [1.54, 1.807) is 6.07 Å². The minimum Gasteiger partial charge on any atom is -0.488 e. The van der Waals surface area contributed by atoms with Crippen LogP contribution in [-0.4, -0.2) is 24.8 Å². The molecule has 2 aromatic rings. The number of carbonyl (C=O) groups excluding carboxylic acids is 1. The van der Waals surface area contributed by atoms with Crippen LogP contribution in [0.3, 0.4) is 0 Å². The number of fused-ring (bicyclic) bond motifs is 1. The van der Waals surface area contributed by atoms with E-state index in [0.717, 1.165) is 16.7 Å². The van der Waals surface area contributed by atoms with Gasteiger partial charge in [0.05, 0.1) is 6.54 Å². The highest BCUT2D eigenvalue weighted by Crippen LogP contribution is 2.40. The summed E-state index contributed by atoms with van der Waals surface area (Å²) < 4.78 is 42.3. The predicted molar refractivity (Wildman–Crippen MR) is 89.8 cm³/mol. The monoisotopic (exact) mass is 385 g/mol. The van der Waals surface area contributed by atoms with Gasteiger partial charge in [-0.3, -0.25) is 0 Å². The quantitative estimate of drug-likeness (QED) is 0.797. The molecule has 26 heavy (non-hydrogen) atoms. The summed E-state index contributed by atoms with van der Waals surface area (Å²) in [5.41, 5.74) is 4.65. The fourth-order valence-corrected chi connectivity index (χ4v) is 2.99. The highest BCUT2D eigenvalue weighted by Gasteiger charge is 2.41. The van der Waals surface area contributed by atoms with E-state index in [4.69, 9.17) is 16.3 Å². The largest absolute Gasteiger partial charge is 0.492 e. The van der Waals surface area contributed by atoms with Gasteiger partial charge in [-0.2, -0.15) is 13.2 Å². The smallest absolute Gasteiger partial charge is 0.488 e. The Morgan fingerprint density at radius 3 is 2.65 bits per heavy atom. The first-order valence-corrected chi connectivity index (χ1v) is 8.28. The molecular formula is C18H15ClF3NO3. The van der Waals surface area contributed by atoms with E-state index in [9.17, 15) is 18.0 Å². The molecule has 0 bridgehead atoms. The Balaban J connectivity index is 1.72. The molecule has 0 amide bonds. The number of nitrogens with one attached hydrogen (secondary N) is 1. The summed E-state index contributed by atoms with van der Waals surface area (Å²) in [7, 11) is 0. The minimum atomic E-state index is -5.04. The number of benzene rings is 2. The van der Waals surface area contributed by atoms with Crippen LogP contribution in [0.1, 0.15) is 12.0 Å². The fourth-order valence-electron chi connectivity index (χ4n) is 2.76. The van der Waals surface area contributed by atoms with Crippen molar-refractivity contribution in [3.05, 3.63) is 53.1 Å². The number of rotatable bonds is 4. The van der Waals surface area contributed by atoms with Crippen molar-refractivity contribution in [2.24, 2.45) is 0 Å². The summed E-state index contributed by atoms with van der Waals surface area (Å²) >= 11 is 6.27. The van der Waals surface area contributed by atoms with E-state index >= 15 is 0 Å². The van der Waals surface area contributed by atoms with Crippen molar-refractivity contribution in [3.63, 3.8) is 0 Å². The molecule has 138 valence electrons. The Hall–Kier alpha value is -2.25. The van der Waals surface area contributed by atoms with Gasteiger partial charge < -0.3 is 9.57 Å². The van der Waals surface area contributed by atoms with Crippen LogP contribution in [0.2, 0.25) is 5.02 Å². The summed E-state index contributed by atoms with van der Waals surface area (Å²) in [5.74, 6) is -1.65. The van der Waals surface area contributed by atoms with Gasteiger partial charge in [0, 0.05) is 16.1 Å². The van der Waals surface area contributed by atoms with Crippen molar-refractivity contribution in [2.75, 3.05) is 6.54 Å². The molecule has 0 spiro atoms. The molecule has 1 N–H and O–H groups in total. The fraction of sp³-hybridized carbons (Fsp3) is 0.278. The van der Waals surface area contributed by atoms with Crippen LogP contribution >= 0.6 is 11.6 Å². The Labute approximate surface area is 152 Å². The van der Waals surface area contributed by atoms with E-state index in [-0.39, 0.29) is 6.54 Å². The molecule has 1 atom stereocenters. The second-order valence-electron chi connectivity index (χ2n) is 5.79. The molecule has 0 aromatic heterocycles. The van der Waals surface area contributed by atoms with Gasteiger partial charge >= 0.3 is 12.1 Å². The average molecular weight is 386 g/mol.